The van der Waals surface area contributed by atoms with Crippen molar-refractivity contribution in [1.82, 2.24) is 25.2 Å². The summed E-state index contributed by atoms with van der Waals surface area (Å²) in [7, 11) is 0. The number of benzene rings is 1. The monoisotopic (exact) mass is 380 g/mol. The van der Waals surface area contributed by atoms with Crippen LogP contribution in [0.1, 0.15) is 19.4 Å². The first-order chi connectivity index (χ1) is 13.2. The molecule has 1 aromatic carbocycles. The summed E-state index contributed by atoms with van der Waals surface area (Å²) in [6, 6.07) is 13.6. The van der Waals surface area contributed by atoms with Crippen LogP contribution in [0, 0.1) is 0 Å². The van der Waals surface area contributed by atoms with Gasteiger partial charge in [0.1, 0.15) is 0 Å². The molecule has 0 saturated heterocycles. The SMILES string of the molecule is CCn1c(SCC(=O)N/N=C(/C)c2cccnc2)nnc1-c1ccccc1. The zero-order valence-electron chi connectivity index (χ0n) is 15.2. The summed E-state index contributed by atoms with van der Waals surface area (Å²) >= 11 is 1.34. The van der Waals surface area contributed by atoms with Gasteiger partial charge >= 0.3 is 0 Å². The van der Waals surface area contributed by atoms with Crippen LogP contribution in [0.3, 0.4) is 0 Å². The number of nitrogens with zero attached hydrogens (tertiary/aromatic N) is 5. The molecule has 0 aliphatic rings. The fourth-order valence-corrected chi connectivity index (χ4v) is 3.23. The predicted molar refractivity (Wildman–Crippen MR) is 106 cm³/mol. The molecule has 8 heteroatoms. The highest BCUT2D eigenvalue weighted by Crippen LogP contribution is 2.23. The van der Waals surface area contributed by atoms with Crippen molar-refractivity contribution in [1.29, 1.82) is 0 Å². The summed E-state index contributed by atoms with van der Waals surface area (Å²) in [5, 5.41) is 13.3. The lowest BCUT2D eigenvalue weighted by molar-refractivity contribution is -0.118. The maximum absolute atomic E-state index is 12.1. The van der Waals surface area contributed by atoms with Crippen molar-refractivity contribution in [3.05, 3.63) is 60.4 Å². The molecule has 0 aliphatic carbocycles. The van der Waals surface area contributed by atoms with Gasteiger partial charge in [-0.05, 0) is 19.9 Å². The molecule has 0 atom stereocenters. The van der Waals surface area contributed by atoms with Crippen LogP contribution in [0.4, 0.5) is 0 Å². The van der Waals surface area contributed by atoms with Crippen LogP contribution in [0.25, 0.3) is 11.4 Å². The first-order valence-corrected chi connectivity index (χ1v) is 9.52. The molecule has 0 bridgehead atoms. The average molecular weight is 380 g/mol. The molecule has 3 rings (SSSR count). The Bertz CT molecular complexity index is 924. The highest BCUT2D eigenvalue weighted by Gasteiger charge is 2.14. The van der Waals surface area contributed by atoms with E-state index in [-0.39, 0.29) is 11.7 Å². The van der Waals surface area contributed by atoms with Gasteiger partial charge in [-0.2, -0.15) is 5.10 Å². The number of hydrogen-bond acceptors (Lipinski definition) is 6. The number of carbonyl (C=O) groups is 1. The highest BCUT2D eigenvalue weighted by atomic mass is 32.2. The van der Waals surface area contributed by atoms with Gasteiger partial charge < -0.3 is 4.57 Å². The molecular weight excluding hydrogens is 360 g/mol. The molecular formula is C19H20N6OS. The number of hydrazone groups is 1. The van der Waals surface area contributed by atoms with E-state index >= 15 is 0 Å². The van der Waals surface area contributed by atoms with Crippen molar-refractivity contribution >= 4 is 23.4 Å². The molecule has 0 saturated carbocycles. The molecule has 3 aromatic rings. The fourth-order valence-electron chi connectivity index (χ4n) is 2.43. The maximum atomic E-state index is 12.1. The number of hydrogen-bond donors (Lipinski definition) is 1. The Morgan fingerprint density at radius 3 is 2.70 bits per heavy atom. The van der Waals surface area contributed by atoms with Gasteiger partial charge in [-0.25, -0.2) is 5.43 Å². The molecule has 0 radical (unpaired) electrons. The van der Waals surface area contributed by atoms with Gasteiger partial charge in [0, 0.05) is 30.1 Å². The lowest BCUT2D eigenvalue weighted by Crippen LogP contribution is -2.21. The van der Waals surface area contributed by atoms with Crippen molar-refractivity contribution in [2.75, 3.05) is 5.75 Å². The van der Waals surface area contributed by atoms with E-state index in [1.165, 1.54) is 11.8 Å². The van der Waals surface area contributed by atoms with Crippen LogP contribution in [0.2, 0.25) is 0 Å². The molecule has 0 aliphatic heterocycles. The van der Waals surface area contributed by atoms with Gasteiger partial charge in [0.2, 0.25) is 0 Å². The van der Waals surface area contributed by atoms with E-state index < -0.39 is 0 Å². The standard InChI is InChI=1S/C19H20N6OS/c1-3-25-18(15-8-5-4-6-9-15)23-24-19(25)27-13-17(26)22-21-14(2)16-10-7-11-20-12-16/h4-12H,3,13H2,1-2H3,(H,22,26)/b21-14-. The van der Waals surface area contributed by atoms with Crippen LogP contribution in [0.5, 0.6) is 0 Å². The Labute approximate surface area is 161 Å². The van der Waals surface area contributed by atoms with E-state index in [9.17, 15) is 4.79 Å². The fraction of sp³-hybridized carbons (Fsp3) is 0.211. The predicted octanol–water partition coefficient (Wildman–Crippen LogP) is 2.99. The Balaban J connectivity index is 1.62. The third kappa shape index (κ3) is 4.79. The van der Waals surface area contributed by atoms with E-state index in [1.807, 2.05) is 60.9 Å². The largest absolute Gasteiger partial charge is 0.302 e. The molecule has 2 aromatic heterocycles. The number of carbonyl (C=O) groups excluding carboxylic acids is 1. The topological polar surface area (TPSA) is 85.1 Å². The number of nitrogens with one attached hydrogen (secondary N) is 1. The van der Waals surface area contributed by atoms with Gasteiger partial charge in [0.05, 0.1) is 11.5 Å². The molecule has 138 valence electrons. The molecule has 0 spiro atoms. The lowest BCUT2D eigenvalue weighted by atomic mass is 10.2. The highest BCUT2D eigenvalue weighted by molar-refractivity contribution is 7.99. The third-order valence-electron chi connectivity index (χ3n) is 3.83. The van der Waals surface area contributed by atoms with Gasteiger partial charge in [0.15, 0.2) is 11.0 Å². The number of thioether (sulfide) groups is 1. The molecule has 1 N–H and O–H groups in total. The zero-order chi connectivity index (χ0) is 19.1. The number of rotatable bonds is 7. The summed E-state index contributed by atoms with van der Waals surface area (Å²) in [6.45, 7) is 4.57. The second-order valence-corrected chi connectivity index (χ2v) is 6.62. The van der Waals surface area contributed by atoms with Crippen LogP contribution < -0.4 is 5.43 Å². The summed E-state index contributed by atoms with van der Waals surface area (Å²) in [5.41, 5.74) is 5.13. The molecule has 27 heavy (non-hydrogen) atoms. The minimum atomic E-state index is -0.199. The Morgan fingerprint density at radius 2 is 2.00 bits per heavy atom. The van der Waals surface area contributed by atoms with Gasteiger partial charge in [-0.15, -0.1) is 10.2 Å². The minimum Gasteiger partial charge on any atom is -0.302 e. The van der Waals surface area contributed by atoms with Crippen LogP contribution in [-0.4, -0.2) is 37.1 Å². The van der Waals surface area contributed by atoms with Crippen molar-refractivity contribution in [2.24, 2.45) is 5.10 Å². The van der Waals surface area contributed by atoms with Gasteiger partial charge in [-0.1, -0.05) is 48.2 Å². The smallest absolute Gasteiger partial charge is 0.250 e. The Morgan fingerprint density at radius 1 is 1.19 bits per heavy atom. The molecule has 0 fully saturated rings. The third-order valence-corrected chi connectivity index (χ3v) is 4.79. The summed E-state index contributed by atoms with van der Waals surface area (Å²) in [4.78, 5) is 16.2. The zero-order valence-corrected chi connectivity index (χ0v) is 16.0. The second kappa shape index (κ2) is 9.09. The van der Waals surface area contributed by atoms with Gasteiger partial charge in [0.25, 0.3) is 5.91 Å². The van der Waals surface area contributed by atoms with Crippen molar-refractivity contribution in [2.45, 2.75) is 25.5 Å². The summed E-state index contributed by atoms with van der Waals surface area (Å²) in [5.74, 6) is 0.804. The Kier molecular flexibility index (Phi) is 6.32. The normalized spacial score (nSPS) is 11.4. The quantitative estimate of drug-likeness (QED) is 0.387. The van der Waals surface area contributed by atoms with Crippen molar-refractivity contribution < 1.29 is 4.79 Å². The van der Waals surface area contributed by atoms with Gasteiger partial charge in [-0.3, -0.25) is 9.78 Å². The number of pyridine rings is 1. The number of aromatic nitrogens is 4. The minimum absolute atomic E-state index is 0.199. The van der Waals surface area contributed by atoms with E-state index in [0.29, 0.717) is 10.9 Å². The lowest BCUT2D eigenvalue weighted by Gasteiger charge is -2.07. The van der Waals surface area contributed by atoms with Crippen molar-refractivity contribution in [3.63, 3.8) is 0 Å². The van der Waals surface area contributed by atoms with Crippen LogP contribution in [-0.2, 0) is 11.3 Å². The average Bonchev–Trinajstić information content (AvgIpc) is 3.14. The van der Waals surface area contributed by atoms with E-state index in [4.69, 9.17) is 0 Å². The summed E-state index contributed by atoms with van der Waals surface area (Å²) < 4.78 is 2.00. The molecule has 2 heterocycles. The number of amides is 1. The van der Waals surface area contributed by atoms with E-state index in [2.05, 4.69) is 25.7 Å². The second-order valence-electron chi connectivity index (χ2n) is 5.68. The van der Waals surface area contributed by atoms with E-state index in [1.54, 1.807) is 12.4 Å². The van der Waals surface area contributed by atoms with E-state index in [0.717, 1.165) is 23.5 Å². The van der Waals surface area contributed by atoms with Crippen LogP contribution in [0.15, 0.2) is 65.1 Å². The molecule has 7 nitrogen and oxygen atoms in total. The summed E-state index contributed by atoms with van der Waals surface area (Å²) in [6.07, 6.45) is 3.40. The first kappa shape index (κ1) is 18.8. The molecule has 0 unspecified atom stereocenters. The maximum Gasteiger partial charge on any atom is 0.250 e. The first-order valence-electron chi connectivity index (χ1n) is 8.54. The molecule has 1 amide bonds. The van der Waals surface area contributed by atoms with Crippen molar-refractivity contribution in [3.8, 4) is 11.4 Å². The van der Waals surface area contributed by atoms with Crippen LogP contribution >= 0.6 is 11.8 Å². The Hall–Kier alpha value is -3.00.